The summed E-state index contributed by atoms with van der Waals surface area (Å²) in [6.07, 6.45) is 0. The number of methoxy groups -OCH3 is 1. The lowest BCUT2D eigenvalue weighted by atomic mass is 10.3. The molecule has 1 N–H and O–H groups in total. The van der Waals surface area contributed by atoms with Gasteiger partial charge in [-0.1, -0.05) is 15.9 Å². The number of anilines is 1. The third-order valence-corrected chi connectivity index (χ3v) is 3.87. The molecule has 0 aliphatic rings. The van der Waals surface area contributed by atoms with Crippen LogP contribution in [0.2, 0.25) is 0 Å². The van der Waals surface area contributed by atoms with Crippen LogP contribution in [0.3, 0.4) is 0 Å². The van der Waals surface area contributed by atoms with Gasteiger partial charge in [-0.05, 0) is 37.3 Å². The molecule has 3 nitrogen and oxygen atoms in total. The summed E-state index contributed by atoms with van der Waals surface area (Å²) >= 11 is 4.84. The first-order chi connectivity index (χ1) is 8.60. The summed E-state index contributed by atoms with van der Waals surface area (Å²) in [6.45, 7) is 1.97. The van der Waals surface area contributed by atoms with Gasteiger partial charge in [0.25, 0.3) is 5.91 Å². The molecule has 0 radical (unpaired) electrons. The summed E-state index contributed by atoms with van der Waals surface area (Å²) in [4.78, 5) is 13.8. The maximum absolute atomic E-state index is 12.0. The number of nitrogens with one attached hydrogen (secondary N) is 1. The van der Waals surface area contributed by atoms with Crippen LogP contribution in [0, 0.1) is 6.92 Å². The van der Waals surface area contributed by atoms with Crippen LogP contribution in [0.1, 0.15) is 14.5 Å². The number of amides is 1. The van der Waals surface area contributed by atoms with Gasteiger partial charge < -0.3 is 10.1 Å². The fraction of sp³-hybridized carbons (Fsp3) is 0.154. The van der Waals surface area contributed by atoms with E-state index < -0.39 is 0 Å². The van der Waals surface area contributed by atoms with Crippen molar-refractivity contribution in [1.29, 1.82) is 0 Å². The average molecular weight is 326 g/mol. The summed E-state index contributed by atoms with van der Waals surface area (Å²) in [6, 6.07) is 9.23. The lowest BCUT2D eigenvalue weighted by molar-refractivity contribution is 0.103. The number of benzene rings is 1. The number of rotatable bonds is 3. The third kappa shape index (κ3) is 2.91. The van der Waals surface area contributed by atoms with Crippen molar-refractivity contribution in [2.24, 2.45) is 0 Å². The molecule has 1 aromatic heterocycles. The summed E-state index contributed by atoms with van der Waals surface area (Å²) in [5.74, 6) is 0.518. The van der Waals surface area contributed by atoms with Gasteiger partial charge in [0.05, 0.1) is 17.7 Å². The number of ether oxygens (including phenoxy) is 1. The number of hydrogen-bond donors (Lipinski definition) is 1. The highest BCUT2D eigenvalue weighted by atomic mass is 79.9. The second-order valence-corrected chi connectivity index (χ2v) is 5.91. The predicted molar refractivity (Wildman–Crippen MR) is 77.7 cm³/mol. The van der Waals surface area contributed by atoms with Crippen LogP contribution in [0.15, 0.2) is 34.8 Å². The van der Waals surface area contributed by atoms with Gasteiger partial charge in [-0.25, -0.2) is 0 Å². The van der Waals surface area contributed by atoms with Gasteiger partial charge in [0, 0.05) is 9.35 Å². The number of thiophene rings is 1. The number of aryl methyl sites for hydroxylation is 1. The van der Waals surface area contributed by atoms with Gasteiger partial charge in [-0.2, -0.15) is 0 Å². The molecule has 0 bridgehead atoms. The standard InChI is InChI=1S/C13H12BrNO2S/c1-8-3-6-12(18-8)13(16)15-10-7-9(14)4-5-11(10)17-2/h3-7H,1-2H3,(H,15,16). The Kier molecular flexibility index (Phi) is 4.04. The Morgan fingerprint density at radius 1 is 1.33 bits per heavy atom. The van der Waals surface area contributed by atoms with Crippen molar-refractivity contribution in [3.8, 4) is 5.75 Å². The first-order valence-electron chi connectivity index (χ1n) is 5.31. The molecule has 0 atom stereocenters. The van der Waals surface area contributed by atoms with E-state index in [1.54, 1.807) is 13.2 Å². The molecule has 0 aliphatic heterocycles. The molecular weight excluding hydrogens is 314 g/mol. The molecule has 0 aliphatic carbocycles. The quantitative estimate of drug-likeness (QED) is 0.923. The topological polar surface area (TPSA) is 38.3 Å². The highest BCUT2D eigenvalue weighted by molar-refractivity contribution is 9.10. The van der Waals surface area contributed by atoms with Gasteiger partial charge in [0.1, 0.15) is 5.75 Å². The molecule has 18 heavy (non-hydrogen) atoms. The molecule has 1 amide bonds. The van der Waals surface area contributed by atoms with Crippen LogP contribution in [0.5, 0.6) is 5.75 Å². The summed E-state index contributed by atoms with van der Waals surface area (Å²) < 4.78 is 6.10. The zero-order chi connectivity index (χ0) is 13.1. The van der Waals surface area contributed by atoms with Crippen LogP contribution in [-0.2, 0) is 0 Å². The SMILES string of the molecule is COc1ccc(Br)cc1NC(=O)c1ccc(C)s1. The summed E-state index contributed by atoms with van der Waals surface area (Å²) in [7, 11) is 1.58. The maximum atomic E-state index is 12.0. The number of halogens is 1. The molecule has 0 saturated carbocycles. The van der Waals surface area contributed by atoms with Gasteiger partial charge in [0.2, 0.25) is 0 Å². The number of hydrogen-bond acceptors (Lipinski definition) is 3. The van der Waals surface area contributed by atoms with Crippen LogP contribution < -0.4 is 10.1 Å². The Hall–Kier alpha value is -1.33. The minimum atomic E-state index is -0.121. The molecular formula is C13H12BrNO2S. The molecule has 1 aromatic carbocycles. The Balaban J connectivity index is 2.23. The third-order valence-electron chi connectivity index (χ3n) is 2.37. The summed E-state index contributed by atoms with van der Waals surface area (Å²) in [5, 5.41) is 2.85. The monoisotopic (exact) mass is 325 g/mol. The largest absolute Gasteiger partial charge is 0.495 e. The molecule has 5 heteroatoms. The zero-order valence-electron chi connectivity index (χ0n) is 9.99. The first kappa shape index (κ1) is 13.1. The molecule has 0 saturated heterocycles. The predicted octanol–water partition coefficient (Wildman–Crippen LogP) is 4.08. The van der Waals surface area contributed by atoms with E-state index in [-0.39, 0.29) is 5.91 Å². The van der Waals surface area contributed by atoms with E-state index in [9.17, 15) is 4.79 Å². The fourth-order valence-electron chi connectivity index (χ4n) is 1.52. The first-order valence-corrected chi connectivity index (χ1v) is 6.92. The minimum Gasteiger partial charge on any atom is -0.495 e. The smallest absolute Gasteiger partial charge is 0.265 e. The van der Waals surface area contributed by atoms with Crippen LogP contribution in [0.4, 0.5) is 5.69 Å². The Bertz CT molecular complexity index is 580. The number of carbonyl (C=O) groups is 1. The second-order valence-electron chi connectivity index (χ2n) is 3.71. The van der Waals surface area contributed by atoms with Crippen molar-refractivity contribution in [3.05, 3.63) is 44.6 Å². The zero-order valence-corrected chi connectivity index (χ0v) is 12.4. The molecule has 1 heterocycles. The van der Waals surface area contributed by atoms with Gasteiger partial charge in [0.15, 0.2) is 0 Å². The van der Waals surface area contributed by atoms with E-state index in [0.29, 0.717) is 16.3 Å². The molecule has 0 unspecified atom stereocenters. The average Bonchev–Trinajstić information content (AvgIpc) is 2.76. The second kappa shape index (κ2) is 5.54. The molecule has 0 spiro atoms. The van der Waals surface area contributed by atoms with Gasteiger partial charge in [-0.3, -0.25) is 4.79 Å². The number of carbonyl (C=O) groups excluding carboxylic acids is 1. The van der Waals surface area contributed by atoms with Crippen molar-refractivity contribution in [2.45, 2.75) is 6.92 Å². The van der Waals surface area contributed by atoms with Crippen molar-refractivity contribution in [2.75, 3.05) is 12.4 Å². The van der Waals surface area contributed by atoms with Crippen LogP contribution in [0.25, 0.3) is 0 Å². The van der Waals surface area contributed by atoms with Crippen molar-refractivity contribution in [1.82, 2.24) is 0 Å². The molecule has 94 valence electrons. The minimum absolute atomic E-state index is 0.121. The normalized spacial score (nSPS) is 10.2. The Labute approximate surface area is 118 Å². The van der Waals surface area contributed by atoms with E-state index in [0.717, 1.165) is 9.35 Å². The van der Waals surface area contributed by atoms with Crippen molar-refractivity contribution >= 4 is 38.9 Å². The maximum Gasteiger partial charge on any atom is 0.265 e. The van der Waals surface area contributed by atoms with Crippen molar-refractivity contribution < 1.29 is 9.53 Å². The molecule has 2 rings (SSSR count). The molecule has 0 fully saturated rings. The molecule has 2 aromatic rings. The lowest BCUT2D eigenvalue weighted by Crippen LogP contribution is -2.11. The van der Waals surface area contributed by atoms with E-state index in [2.05, 4.69) is 21.2 Å². The van der Waals surface area contributed by atoms with Gasteiger partial charge >= 0.3 is 0 Å². The van der Waals surface area contributed by atoms with E-state index in [1.807, 2.05) is 31.2 Å². The Morgan fingerprint density at radius 3 is 2.72 bits per heavy atom. The Morgan fingerprint density at radius 2 is 2.11 bits per heavy atom. The fourth-order valence-corrected chi connectivity index (χ4v) is 2.64. The lowest BCUT2D eigenvalue weighted by Gasteiger charge is -2.09. The van der Waals surface area contributed by atoms with Crippen molar-refractivity contribution in [3.63, 3.8) is 0 Å². The van der Waals surface area contributed by atoms with E-state index >= 15 is 0 Å². The van der Waals surface area contributed by atoms with E-state index in [1.165, 1.54) is 11.3 Å². The van der Waals surface area contributed by atoms with E-state index in [4.69, 9.17) is 4.74 Å². The van der Waals surface area contributed by atoms with Crippen LogP contribution in [-0.4, -0.2) is 13.0 Å². The van der Waals surface area contributed by atoms with Gasteiger partial charge in [-0.15, -0.1) is 11.3 Å². The highest BCUT2D eigenvalue weighted by Gasteiger charge is 2.11. The van der Waals surface area contributed by atoms with Crippen LogP contribution >= 0.6 is 27.3 Å². The summed E-state index contributed by atoms with van der Waals surface area (Å²) in [5.41, 5.74) is 0.655. The highest BCUT2D eigenvalue weighted by Crippen LogP contribution is 2.28.